The second-order valence-electron chi connectivity index (χ2n) is 9.25. The van der Waals surface area contributed by atoms with Gasteiger partial charge in [-0.1, -0.05) is 11.2 Å². The fraction of sp³-hybridized carbons (Fsp3) is 0.545. The molecule has 3 rings (SSSR count). The summed E-state index contributed by atoms with van der Waals surface area (Å²) in [5, 5.41) is 11.1. The van der Waals surface area contributed by atoms with Crippen molar-refractivity contribution in [3.8, 4) is 0 Å². The lowest BCUT2D eigenvalue weighted by atomic mass is 9.73. The molecule has 17 heteroatoms. The van der Waals surface area contributed by atoms with Crippen LogP contribution in [0.2, 0.25) is 0 Å². The maximum atomic E-state index is 14.4. The largest absolute Gasteiger partial charge is 0.433 e. The smallest absolute Gasteiger partial charge is 0.376 e. The van der Waals surface area contributed by atoms with Crippen molar-refractivity contribution >= 4 is 23.2 Å². The zero-order valence-corrected chi connectivity index (χ0v) is 20.5. The first-order valence-corrected chi connectivity index (χ1v) is 11.1. The van der Waals surface area contributed by atoms with Gasteiger partial charge in [0.05, 0.1) is 12.3 Å². The van der Waals surface area contributed by atoms with Crippen molar-refractivity contribution in [3.05, 3.63) is 34.9 Å². The molecule has 0 bridgehead atoms. The number of oxime groups is 1. The lowest BCUT2D eigenvalue weighted by Crippen LogP contribution is -2.66. The number of carbonyl (C=O) groups is 2. The third-order valence-corrected chi connectivity index (χ3v) is 6.58. The number of halogens is 9. The van der Waals surface area contributed by atoms with Gasteiger partial charge in [0.2, 0.25) is 5.91 Å². The number of nitrogens with zero attached hydrogens (tertiary/aromatic N) is 3. The third-order valence-electron chi connectivity index (χ3n) is 6.58. The summed E-state index contributed by atoms with van der Waals surface area (Å²) in [5.41, 5.74) is -6.87. The normalized spacial score (nSPS) is 23.7. The van der Waals surface area contributed by atoms with Gasteiger partial charge >= 0.3 is 18.5 Å². The molecule has 0 fully saturated rings. The quantitative estimate of drug-likeness (QED) is 0.505. The van der Waals surface area contributed by atoms with Gasteiger partial charge < -0.3 is 15.5 Å². The fourth-order valence-electron chi connectivity index (χ4n) is 4.28. The molecular formula is C22H22F9N5O3. The van der Waals surface area contributed by atoms with Gasteiger partial charge in [0, 0.05) is 25.5 Å². The van der Waals surface area contributed by atoms with Crippen molar-refractivity contribution in [1.82, 2.24) is 15.6 Å². The Bertz CT molecular complexity index is 1210. The molecule has 2 amide bonds. The Morgan fingerprint density at radius 1 is 1.05 bits per heavy atom. The van der Waals surface area contributed by atoms with E-state index in [1.54, 1.807) is 5.32 Å². The molecule has 0 spiro atoms. The lowest BCUT2D eigenvalue weighted by Gasteiger charge is -2.45. The number of hydrogen-bond acceptors (Lipinski definition) is 6. The molecule has 216 valence electrons. The maximum absolute atomic E-state index is 14.4. The minimum absolute atomic E-state index is 0.0327. The van der Waals surface area contributed by atoms with Crippen LogP contribution in [0, 0.1) is 6.92 Å². The molecule has 2 aliphatic heterocycles. The van der Waals surface area contributed by atoms with Crippen LogP contribution in [-0.4, -0.2) is 78.1 Å². The van der Waals surface area contributed by atoms with Crippen molar-refractivity contribution in [3.63, 3.8) is 0 Å². The van der Waals surface area contributed by atoms with Crippen LogP contribution in [0.5, 0.6) is 0 Å². The molecule has 2 N–H and O–H groups in total. The van der Waals surface area contributed by atoms with Gasteiger partial charge in [0.25, 0.3) is 11.5 Å². The van der Waals surface area contributed by atoms with Crippen LogP contribution >= 0.6 is 0 Å². The van der Waals surface area contributed by atoms with E-state index in [-0.39, 0.29) is 22.4 Å². The third kappa shape index (κ3) is 5.90. The summed E-state index contributed by atoms with van der Waals surface area (Å²) >= 11 is 0. The number of aryl methyl sites for hydroxylation is 1. The Kier molecular flexibility index (Phi) is 7.62. The zero-order chi connectivity index (χ0) is 29.6. The van der Waals surface area contributed by atoms with Crippen LogP contribution in [0.4, 0.5) is 39.5 Å². The summed E-state index contributed by atoms with van der Waals surface area (Å²) in [6, 6.07) is 3.70. The van der Waals surface area contributed by atoms with Crippen molar-refractivity contribution in [2.24, 2.45) is 10.3 Å². The van der Waals surface area contributed by atoms with Crippen molar-refractivity contribution in [2.75, 3.05) is 20.1 Å². The Labute approximate surface area is 215 Å². The molecule has 2 unspecified atom stereocenters. The van der Waals surface area contributed by atoms with E-state index in [1.165, 1.54) is 25.1 Å². The number of hydrogen-bond donors (Lipinski definition) is 2. The van der Waals surface area contributed by atoms with Crippen LogP contribution in [0.1, 0.15) is 41.3 Å². The van der Waals surface area contributed by atoms with Gasteiger partial charge in [-0.2, -0.15) is 44.6 Å². The number of carbonyl (C=O) groups excluding carboxylic acids is 2. The molecular weight excluding hydrogens is 553 g/mol. The fourth-order valence-corrected chi connectivity index (χ4v) is 4.28. The minimum Gasteiger partial charge on any atom is -0.376 e. The zero-order valence-electron chi connectivity index (χ0n) is 20.5. The SMILES string of the molecule is Cc1cc(C2=NOC(C(F)(F)F)(C3(C)CC(C(F)(F)F)=NN3C)C2)ccc1C(=O)NCC(=O)NCC(F)(F)F. The molecule has 1 aromatic carbocycles. The summed E-state index contributed by atoms with van der Waals surface area (Å²) in [6.07, 6.45) is -16.8. The summed E-state index contributed by atoms with van der Waals surface area (Å²) in [5.74, 6) is -1.94. The molecule has 0 aliphatic carbocycles. The van der Waals surface area contributed by atoms with E-state index in [0.717, 1.165) is 14.0 Å². The van der Waals surface area contributed by atoms with Gasteiger partial charge in [-0.3, -0.25) is 14.6 Å². The van der Waals surface area contributed by atoms with Crippen molar-refractivity contribution in [1.29, 1.82) is 0 Å². The summed E-state index contributed by atoms with van der Waals surface area (Å²) < 4.78 is 119. The number of hydrazone groups is 1. The minimum atomic E-state index is -5.17. The first kappa shape index (κ1) is 30.0. The predicted molar refractivity (Wildman–Crippen MR) is 118 cm³/mol. The van der Waals surface area contributed by atoms with E-state index in [2.05, 4.69) is 15.6 Å². The van der Waals surface area contributed by atoms with Gasteiger partial charge in [0.15, 0.2) is 0 Å². The Hall–Kier alpha value is -3.53. The lowest BCUT2D eigenvalue weighted by molar-refractivity contribution is -0.305. The average molecular weight is 575 g/mol. The van der Waals surface area contributed by atoms with Crippen LogP contribution < -0.4 is 10.6 Å². The monoisotopic (exact) mass is 575 g/mol. The van der Waals surface area contributed by atoms with Crippen molar-refractivity contribution in [2.45, 2.75) is 56.4 Å². The predicted octanol–water partition coefficient (Wildman–Crippen LogP) is 3.84. The number of likely N-dealkylation sites (N-methyl/N-ethyl adjacent to an activating group) is 1. The van der Waals surface area contributed by atoms with E-state index in [1.807, 2.05) is 0 Å². The average Bonchev–Trinajstić information content (AvgIpc) is 3.39. The second-order valence-corrected chi connectivity index (χ2v) is 9.25. The molecule has 2 heterocycles. The molecule has 8 nitrogen and oxygen atoms in total. The molecule has 0 saturated heterocycles. The van der Waals surface area contributed by atoms with E-state index in [0.29, 0.717) is 5.01 Å². The first-order valence-electron chi connectivity index (χ1n) is 11.1. The number of amides is 2. The van der Waals surface area contributed by atoms with E-state index >= 15 is 0 Å². The highest BCUT2D eigenvalue weighted by Crippen LogP contribution is 2.54. The summed E-state index contributed by atoms with van der Waals surface area (Å²) in [6.45, 7) is 0.00606. The van der Waals surface area contributed by atoms with Crippen LogP contribution in [0.25, 0.3) is 0 Å². The molecule has 39 heavy (non-hydrogen) atoms. The number of rotatable bonds is 6. The standard InChI is InChI=1S/C22H22F9N5O3/c1-11-6-12(4-5-13(11)17(38)32-9-16(37)33-10-20(23,24)25)14-7-19(39-35-14,22(29,30)31)18(2)8-15(21(26,27)28)34-36(18)3/h4-6H,7-10H2,1-3H3,(H,32,38)(H,33,37). The molecule has 1 aromatic rings. The Balaban J connectivity index is 1.77. The van der Waals surface area contributed by atoms with Gasteiger partial charge in [0.1, 0.15) is 17.8 Å². The van der Waals surface area contributed by atoms with Crippen LogP contribution in [0.15, 0.2) is 28.5 Å². The molecule has 0 radical (unpaired) electrons. The van der Waals surface area contributed by atoms with E-state index < -0.39 is 73.1 Å². The first-order chi connectivity index (χ1) is 17.7. The Morgan fingerprint density at radius 2 is 1.69 bits per heavy atom. The summed E-state index contributed by atoms with van der Waals surface area (Å²) in [4.78, 5) is 28.8. The molecule has 0 saturated carbocycles. The second kappa shape index (κ2) is 9.89. The topological polar surface area (TPSA) is 95.4 Å². The molecule has 2 atom stereocenters. The van der Waals surface area contributed by atoms with Gasteiger partial charge in [-0.25, -0.2) is 0 Å². The maximum Gasteiger partial charge on any atom is 0.433 e. The number of alkyl halides is 9. The van der Waals surface area contributed by atoms with Crippen LogP contribution in [-0.2, 0) is 9.63 Å². The molecule has 2 aliphatic rings. The highest BCUT2D eigenvalue weighted by molar-refractivity contribution is 6.04. The number of benzene rings is 1. The van der Waals surface area contributed by atoms with Crippen LogP contribution in [0.3, 0.4) is 0 Å². The van der Waals surface area contributed by atoms with Gasteiger partial charge in [-0.05, 0) is 37.1 Å². The van der Waals surface area contributed by atoms with Crippen molar-refractivity contribution < 1.29 is 53.9 Å². The Morgan fingerprint density at radius 3 is 2.21 bits per heavy atom. The highest BCUT2D eigenvalue weighted by Gasteiger charge is 2.74. The molecule has 0 aromatic heterocycles. The number of nitrogens with one attached hydrogen (secondary N) is 2. The highest BCUT2D eigenvalue weighted by atomic mass is 19.4. The van der Waals surface area contributed by atoms with Gasteiger partial charge in [-0.15, -0.1) is 0 Å². The van der Waals surface area contributed by atoms with E-state index in [9.17, 15) is 49.1 Å². The summed E-state index contributed by atoms with van der Waals surface area (Å²) in [7, 11) is 0.981. The van der Waals surface area contributed by atoms with E-state index in [4.69, 9.17) is 4.84 Å².